The molecule has 2 aromatic rings. The van der Waals surface area contributed by atoms with E-state index in [1.165, 1.54) is 0 Å². The number of nitrogens with zero attached hydrogens (tertiary/aromatic N) is 3. The van der Waals surface area contributed by atoms with Crippen LogP contribution in [0.15, 0.2) is 28.8 Å². The monoisotopic (exact) mass is 207 g/mol. The highest BCUT2D eigenvalue weighted by molar-refractivity contribution is 7.80. The lowest BCUT2D eigenvalue weighted by atomic mass is 10.3. The highest BCUT2D eigenvalue weighted by Crippen LogP contribution is 2.14. The molecule has 0 radical (unpaired) electrons. The van der Waals surface area contributed by atoms with Crippen molar-refractivity contribution >= 4 is 12.6 Å². The highest BCUT2D eigenvalue weighted by Gasteiger charge is 2.07. The fraction of sp³-hybridized carbons (Fsp3) is 0.222. The molecular formula is C9H9N3OS. The van der Waals surface area contributed by atoms with Gasteiger partial charge in [-0.05, 0) is 17.9 Å². The Kier molecular flexibility index (Phi) is 2.78. The molecule has 0 atom stereocenters. The summed E-state index contributed by atoms with van der Waals surface area (Å²) in [5.74, 6) is 1.76. The molecule has 2 aromatic heterocycles. The Balaban J connectivity index is 2.25. The SMILES string of the molecule is SCCc1nnc(-c2ccccn2)o1. The molecule has 0 fully saturated rings. The lowest BCUT2D eigenvalue weighted by molar-refractivity contribution is 0.512. The van der Waals surface area contributed by atoms with Gasteiger partial charge in [-0.25, -0.2) is 0 Å². The van der Waals surface area contributed by atoms with Crippen molar-refractivity contribution in [1.82, 2.24) is 15.2 Å². The predicted molar refractivity (Wildman–Crippen MR) is 55.1 cm³/mol. The molecule has 0 unspecified atom stereocenters. The van der Waals surface area contributed by atoms with Crippen molar-refractivity contribution < 1.29 is 4.42 Å². The molecule has 2 rings (SSSR count). The third-order valence-corrected chi connectivity index (χ3v) is 1.90. The molecule has 2 heterocycles. The molecule has 0 bridgehead atoms. The molecule has 72 valence electrons. The van der Waals surface area contributed by atoms with Crippen molar-refractivity contribution in [2.75, 3.05) is 5.75 Å². The highest BCUT2D eigenvalue weighted by atomic mass is 32.1. The second-order valence-electron chi connectivity index (χ2n) is 2.69. The largest absolute Gasteiger partial charge is 0.419 e. The van der Waals surface area contributed by atoms with Crippen LogP contribution in [-0.4, -0.2) is 20.9 Å². The Morgan fingerprint density at radius 2 is 2.21 bits per heavy atom. The maximum atomic E-state index is 5.38. The molecule has 4 nitrogen and oxygen atoms in total. The lowest BCUT2D eigenvalue weighted by Gasteiger charge is -1.90. The van der Waals surface area contributed by atoms with Gasteiger partial charge in [0.05, 0.1) is 0 Å². The zero-order chi connectivity index (χ0) is 9.80. The van der Waals surface area contributed by atoms with Crippen LogP contribution in [0, 0.1) is 0 Å². The number of aryl methyl sites for hydroxylation is 1. The van der Waals surface area contributed by atoms with Crippen LogP contribution in [0.1, 0.15) is 5.89 Å². The van der Waals surface area contributed by atoms with Gasteiger partial charge in [0.15, 0.2) is 0 Å². The third-order valence-electron chi connectivity index (χ3n) is 1.68. The number of aromatic nitrogens is 3. The molecule has 0 N–H and O–H groups in total. The van der Waals surface area contributed by atoms with E-state index >= 15 is 0 Å². The van der Waals surface area contributed by atoms with Gasteiger partial charge >= 0.3 is 0 Å². The predicted octanol–water partition coefficient (Wildman–Crippen LogP) is 1.60. The van der Waals surface area contributed by atoms with Crippen LogP contribution in [0.3, 0.4) is 0 Å². The maximum absolute atomic E-state index is 5.38. The molecular weight excluding hydrogens is 198 g/mol. The van der Waals surface area contributed by atoms with Gasteiger partial charge in [-0.3, -0.25) is 4.98 Å². The molecule has 5 heteroatoms. The van der Waals surface area contributed by atoms with Crippen LogP contribution in [0.4, 0.5) is 0 Å². The first-order chi connectivity index (χ1) is 6.90. The van der Waals surface area contributed by atoms with Crippen molar-refractivity contribution in [2.45, 2.75) is 6.42 Å². The summed E-state index contributed by atoms with van der Waals surface area (Å²) in [6, 6.07) is 5.55. The number of hydrogen-bond donors (Lipinski definition) is 1. The molecule has 14 heavy (non-hydrogen) atoms. The molecule has 0 saturated heterocycles. The van der Waals surface area contributed by atoms with Gasteiger partial charge in [-0.2, -0.15) is 12.6 Å². The van der Waals surface area contributed by atoms with Crippen LogP contribution in [0.25, 0.3) is 11.6 Å². The maximum Gasteiger partial charge on any atom is 0.266 e. The molecule has 0 saturated carbocycles. The second-order valence-corrected chi connectivity index (χ2v) is 3.14. The molecule has 0 aliphatic rings. The van der Waals surface area contributed by atoms with Crippen molar-refractivity contribution in [3.63, 3.8) is 0 Å². The third kappa shape index (κ3) is 1.93. The first kappa shape index (κ1) is 9.21. The average molecular weight is 207 g/mol. The summed E-state index contributed by atoms with van der Waals surface area (Å²) in [5, 5.41) is 7.77. The minimum absolute atomic E-state index is 0.461. The zero-order valence-electron chi connectivity index (χ0n) is 7.42. The van der Waals surface area contributed by atoms with Crippen molar-refractivity contribution in [2.24, 2.45) is 0 Å². The van der Waals surface area contributed by atoms with Gasteiger partial charge in [0, 0.05) is 12.6 Å². The van der Waals surface area contributed by atoms with Gasteiger partial charge in [-0.15, -0.1) is 10.2 Å². The van der Waals surface area contributed by atoms with E-state index in [4.69, 9.17) is 4.42 Å². The smallest absolute Gasteiger partial charge is 0.266 e. The Labute approximate surface area is 86.8 Å². The molecule has 0 spiro atoms. The number of hydrogen-bond acceptors (Lipinski definition) is 5. The molecule has 0 amide bonds. The Morgan fingerprint density at radius 3 is 2.93 bits per heavy atom. The van der Waals surface area contributed by atoms with Crippen LogP contribution < -0.4 is 0 Å². The lowest BCUT2D eigenvalue weighted by Crippen LogP contribution is -1.84. The van der Waals surface area contributed by atoms with E-state index in [-0.39, 0.29) is 0 Å². The summed E-state index contributed by atoms with van der Waals surface area (Å²) in [4.78, 5) is 4.11. The van der Waals surface area contributed by atoms with E-state index in [0.717, 1.165) is 0 Å². The van der Waals surface area contributed by atoms with Crippen molar-refractivity contribution in [1.29, 1.82) is 0 Å². The first-order valence-corrected chi connectivity index (χ1v) is 4.88. The molecule has 0 aliphatic heterocycles. The Hall–Kier alpha value is -1.36. The normalized spacial score (nSPS) is 10.4. The van der Waals surface area contributed by atoms with Crippen LogP contribution in [-0.2, 0) is 6.42 Å². The first-order valence-electron chi connectivity index (χ1n) is 4.25. The summed E-state index contributed by atoms with van der Waals surface area (Å²) >= 11 is 4.09. The van der Waals surface area contributed by atoms with Gasteiger partial charge in [0.1, 0.15) is 5.69 Å². The number of rotatable bonds is 3. The average Bonchev–Trinajstić information content (AvgIpc) is 2.68. The minimum atomic E-state index is 0.461. The molecule has 0 aromatic carbocycles. The van der Waals surface area contributed by atoms with Crippen molar-refractivity contribution in [3.05, 3.63) is 30.3 Å². The fourth-order valence-electron chi connectivity index (χ4n) is 1.04. The second kappa shape index (κ2) is 4.23. The van der Waals surface area contributed by atoms with Crippen LogP contribution >= 0.6 is 12.6 Å². The van der Waals surface area contributed by atoms with E-state index in [0.29, 0.717) is 29.6 Å². The summed E-state index contributed by atoms with van der Waals surface area (Å²) in [5.41, 5.74) is 0.699. The van der Waals surface area contributed by atoms with Crippen LogP contribution in [0.5, 0.6) is 0 Å². The van der Waals surface area contributed by atoms with E-state index < -0.39 is 0 Å². The van der Waals surface area contributed by atoms with E-state index in [1.54, 1.807) is 6.20 Å². The standard InChI is InChI=1S/C9H9N3OS/c14-6-4-8-11-12-9(13-8)7-3-1-2-5-10-7/h1-3,5,14H,4,6H2. The van der Waals surface area contributed by atoms with Crippen LogP contribution in [0.2, 0.25) is 0 Å². The zero-order valence-corrected chi connectivity index (χ0v) is 8.32. The minimum Gasteiger partial charge on any atom is -0.419 e. The summed E-state index contributed by atoms with van der Waals surface area (Å²) in [6.07, 6.45) is 2.38. The van der Waals surface area contributed by atoms with Gasteiger partial charge in [0.25, 0.3) is 5.89 Å². The number of pyridine rings is 1. The Morgan fingerprint density at radius 1 is 1.29 bits per heavy atom. The summed E-state index contributed by atoms with van der Waals surface area (Å²) < 4.78 is 5.38. The topological polar surface area (TPSA) is 51.8 Å². The summed E-state index contributed by atoms with van der Waals surface area (Å²) in [6.45, 7) is 0. The van der Waals surface area contributed by atoms with Gasteiger partial charge < -0.3 is 4.42 Å². The van der Waals surface area contributed by atoms with E-state index in [1.807, 2.05) is 18.2 Å². The van der Waals surface area contributed by atoms with Gasteiger partial charge in [0.2, 0.25) is 5.89 Å². The number of thiol groups is 1. The molecule has 0 aliphatic carbocycles. The van der Waals surface area contributed by atoms with E-state index in [9.17, 15) is 0 Å². The Bertz CT molecular complexity index is 401. The van der Waals surface area contributed by atoms with Gasteiger partial charge in [-0.1, -0.05) is 6.07 Å². The van der Waals surface area contributed by atoms with E-state index in [2.05, 4.69) is 27.8 Å². The quantitative estimate of drug-likeness (QED) is 0.777. The van der Waals surface area contributed by atoms with Crippen molar-refractivity contribution in [3.8, 4) is 11.6 Å². The summed E-state index contributed by atoms with van der Waals surface area (Å²) in [7, 11) is 0. The fourth-order valence-corrected chi connectivity index (χ4v) is 1.23.